The predicted octanol–water partition coefficient (Wildman–Crippen LogP) is 3.18. The monoisotopic (exact) mass is 419 g/mol. The number of hydrogen-bond acceptors (Lipinski definition) is 5. The van der Waals surface area contributed by atoms with Crippen LogP contribution in [0.4, 0.5) is 10.5 Å². The van der Waals surface area contributed by atoms with E-state index >= 15 is 0 Å². The third-order valence-electron chi connectivity index (χ3n) is 3.52. The fraction of sp³-hybridized carbons (Fsp3) is 0.158. The van der Waals surface area contributed by atoms with Crippen molar-refractivity contribution >= 4 is 38.6 Å². The van der Waals surface area contributed by atoms with Crippen LogP contribution >= 0.6 is 11.8 Å². The number of amides is 2. The SMILES string of the molecule is C=CCNS(=O)(=O)c1cccc(C(=O)Nc2ccccc2SC(=O)N(C)C)c1. The molecule has 2 N–H and O–H groups in total. The number of carbonyl (C=O) groups excluding carboxylic acids is 2. The Hall–Kier alpha value is -2.62. The fourth-order valence-corrected chi connectivity index (χ4v) is 3.89. The van der Waals surface area contributed by atoms with Gasteiger partial charge < -0.3 is 10.2 Å². The van der Waals surface area contributed by atoms with Crippen molar-refractivity contribution in [2.24, 2.45) is 0 Å². The number of nitrogens with one attached hydrogen (secondary N) is 2. The summed E-state index contributed by atoms with van der Waals surface area (Å²) >= 11 is 0.989. The average molecular weight is 420 g/mol. The molecule has 2 aromatic rings. The Balaban J connectivity index is 2.24. The Kier molecular flexibility index (Phi) is 7.38. The van der Waals surface area contributed by atoms with Crippen LogP contribution in [-0.4, -0.2) is 45.1 Å². The molecule has 0 spiro atoms. The summed E-state index contributed by atoms with van der Waals surface area (Å²) < 4.78 is 26.8. The van der Waals surface area contributed by atoms with Crippen molar-refractivity contribution in [1.29, 1.82) is 0 Å². The molecule has 0 saturated carbocycles. The van der Waals surface area contributed by atoms with E-state index in [4.69, 9.17) is 0 Å². The van der Waals surface area contributed by atoms with Gasteiger partial charge in [0.1, 0.15) is 0 Å². The lowest BCUT2D eigenvalue weighted by Crippen LogP contribution is -2.24. The molecule has 0 heterocycles. The minimum Gasteiger partial charge on any atom is -0.339 e. The second-order valence-electron chi connectivity index (χ2n) is 5.88. The normalized spacial score (nSPS) is 10.9. The number of carbonyl (C=O) groups is 2. The van der Waals surface area contributed by atoms with Crippen molar-refractivity contribution in [3.8, 4) is 0 Å². The summed E-state index contributed by atoms with van der Waals surface area (Å²) in [6, 6.07) is 12.6. The van der Waals surface area contributed by atoms with Gasteiger partial charge in [0.25, 0.3) is 11.1 Å². The minimum absolute atomic E-state index is 0.0209. The lowest BCUT2D eigenvalue weighted by atomic mass is 10.2. The smallest absolute Gasteiger partial charge is 0.286 e. The first kappa shape index (κ1) is 21.7. The summed E-state index contributed by atoms with van der Waals surface area (Å²) in [5, 5.41) is 2.55. The first-order chi connectivity index (χ1) is 13.2. The zero-order valence-corrected chi connectivity index (χ0v) is 17.1. The van der Waals surface area contributed by atoms with Crippen molar-refractivity contribution in [2.45, 2.75) is 9.79 Å². The van der Waals surface area contributed by atoms with Crippen LogP contribution in [0.5, 0.6) is 0 Å². The zero-order chi connectivity index (χ0) is 20.7. The summed E-state index contributed by atoms with van der Waals surface area (Å²) in [4.78, 5) is 26.6. The van der Waals surface area contributed by atoms with Gasteiger partial charge >= 0.3 is 0 Å². The van der Waals surface area contributed by atoms with Crippen LogP contribution in [0.15, 0.2) is 71.0 Å². The number of hydrogen-bond donors (Lipinski definition) is 2. The second-order valence-corrected chi connectivity index (χ2v) is 8.64. The van der Waals surface area contributed by atoms with E-state index in [9.17, 15) is 18.0 Å². The van der Waals surface area contributed by atoms with Gasteiger partial charge in [-0.25, -0.2) is 13.1 Å². The third kappa shape index (κ3) is 5.69. The van der Waals surface area contributed by atoms with Crippen LogP contribution in [-0.2, 0) is 10.0 Å². The van der Waals surface area contributed by atoms with Crippen LogP contribution in [0.1, 0.15) is 10.4 Å². The number of para-hydroxylation sites is 1. The molecule has 0 aromatic heterocycles. The van der Waals surface area contributed by atoms with E-state index in [-0.39, 0.29) is 22.2 Å². The Morgan fingerprint density at radius 1 is 1.14 bits per heavy atom. The summed E-state index contributed by atoms with van der Waals surface area (Å²) in [6.07, 6.45) is 1.43. The Morgan fingerprint density at radius 3 is 2.54 bits per heavy atom. The van der Waals surface area contributed by atoms with E-state index in [0.717, 1.165) is 11.8 Å². The number of sulfonamides is 1. The molecule has 9 heteroatoms. The molecule has 2 rings (SSSR count). The molecule has 0 aliphatic heterocycles. The molecule has 148 valence electrons. The van der Waals surface area contributed by atoms with Gasteiger partial charge in [0.2, 0.25) is 10.0 Å². The molecule has 0 unspecified atom stereocenters. The average Bonchev–Trinajstić information content (AvgIpc) is 2.67. The topological polar surface area (TPSA) is 95.6 Å². The van der Waals surface area contributed by atoms with Crippen LogP contribution in [0.25, 0.3) is 0 Å². The molecule has 0 fully saturated rings. The highest BCUT2D eigenvalue weighted by Gasteiger charge is 2.17. The molecule has 0 bridgehead atoms. The number of nitrogens with zero attached hydrogens (tertiary/aromatic N) is 1. The van der Waals surface area contributed by atoms with Crippen molar-refractivity contribution in [3.05, 3.63) is 66.7 Å². The van der Waals surface area contributed by atoms with Gasteiger partial charge in [-0.3, -0.25) is 9.59 Å². The maximum atomic E-state index is 12.6. The largest absolute Gasteiger partial charge is 0.339 e. The Morgan fingerprint density at radius 2 is 1.86 bits per heavy atom. The van der Waals surface area contributed by atoms with Gasteiger partial charge in [-0.1, -0.05) is 24.3 Å². The first-order valence-electron chi connectivity index (χ1n) is 8.24. The minimum atomic E-state index is -3.74. The second kappa shape index (κ2) is 9.54. The van der Waals surface area contributed by atoms with Crippen molar-refractivity contribution in [1.82, 2.24) is 9.62 Å². The number of rotatable bonds is 7. The zero-order valence-electron chi connectivity index (χ0n) is 15.5. The van der Waals surface area contributed by atoms with E-state index < -0.39 is 15.9 Å². The number of anilines is 1. The fourth-order valence-electron chi connectivity index (χ4n) is 2.10. The van der Waals surface area contributed by atoms with Gasteiger partial charge in [-0.2, -0.15) is 0 Å². The maximum Gasteiger partial charge on any atom is 0.286 e. The maximum absolute atomic E-state index is 12.6. The predicted molar refractivity (Wildman–Crippen MR) is 111 cm³/mol. The molecule has 0 aliphatic rings. The molecule has 0 saturated heterocycles. The molecule has 2 aromatic carbocycles. The highest BCUT2D eigenvalue weighted by atomic mass is 32.2. The van der Waals surface area contributed by atoms with Gasteiger partial charge in [-0.05, 0) is 42.1 Å². The standard InChI is InChI=1S/C19H21N3O4S2/c1-4-12-20-28(25,26)15-9-7-8-14(13-15)18(23)21-16-10-5-6-11-17(16)27-19(24)22(2)3/h4-11,13,20H,1,12H2,2-3H3,(H,21,23). The molecule has 0 atom stereocenters. The Bertz CT molecular complexity index is 988. The highest BCUT2D eigenvalue weighted by molar-refractivity contribution is 8.13. The molecular weight excluding hydrogens is 398 g/mol. The number of thioether (sulfide) groups is 1. The van der Waals surface area contributed by atoms with Crippen LogP contribution in [0.3, 0.4) is 0 Å². The number of benzene rings is 2. The van der Waals surface area contributed by atoms with Gasteiger partial charge in [0.15, 0.2) is 0 Å². The van der Waals surface area contributed by atoms with E-state index in [1.807, 2.05) is 0 Å². The molecule has 2 amide bonds. The Labute approximate surface area is 168 Å². The summed E-state index contributed by atoms with van der Waals surface area (Å²) in [6.45, 7) is 3.56. The lowest BCUT2D eigenvalue weighted by molar-refractivity contribution is 0.102. The molecule has 0 aliphatic carbocycles. The van der Waals surface area contributed by atoms with E-state index in [0.29, 0.717) is 10.6 Å². The third-order valence-corrected chi connectivity index (χ3v) is 6.06. The summed E-state index contributed by atoms with van der Waals surface area (Å²) in [5.74, 6) is -0.480. The molecule has 28 heavy (non-hydrogen) atoms. The van der Waals surface area contributed by atoms with Crippen LogP contribution in [0.2, 0.25) is 0 Å². The highest BCUT2D eigenvalue weighted by Crippen LogP contribution is 2.29. The quantitative estimate of drug-likeness (QED) is 0.531. The van der Waals surface area contributed by atoms with Crippen molar-refractivity contribution in [3.63, 3.8) is 0 Å². The lowest BCUT2D eigenvalue weighted by Gasteiger charge is -2.13. The molecule has 7 nitrogen and oxygen atoms in total. The van der Waals surface area contributed by atoms with Crippen LogP contribution in [0, 0.1) is 0 Å². The first-order valence-corrected chi connectivity index (χ1v) is 10.5. The van der Waals surface area contributed by atoms with E-state index in [2.05, 4.69) is 16.6 Å². The summed E-state index contributed by atoms with van der Waals surface area (Å²) in [5.41, 5.74) is 0.644. The van der Waals surface area contributed by atoms with E-state index in [1.54, 1.807) is 38.4 Å². The van der Waals surface area contributed by atoms with Gasteiger partial charge in [0, 0.05) is 31.1 Å². The van der Waals surface area contributed by atoms with Crippen molar-refractivity contribution < 1.29 is 18.0 Å². The molecular formula is C19H21N3O4S2. The summed E-state index contributed by atoms with van der Waals surface area (Å²) in [7, 11) is -0.457. The van der Waals surface area contributed by atoms with Gasteiger partial charge in [-0.15, -0.1) is 6.58 Å². The van der Waals surface area contributed by atoms with E-state index in [1.165, 1.54) is 35.2 Å². The van der Waals surface area contributed by atoms with Gasteiger partial charge in [0.05, 0.1) is 10.6 Å². The van der Waals surface area contributed by atoms with Crippen molar-refractivity contribution in [2.75, 3.05) is 26.0 Å². The molecule has 0 radical (unpaired) electrons. The van der Waals surface area contributed by atoms with Crippen LogP contribution < -0.4 is 10.0 Å².